The van der Waals surface area contributed by atoms with E-state index in [1.54, 1.807) is 0 Å². The minimum atomic E-state index is -4.41. The van der Waals surface area contributed by atoms with Crippen molar-refractivity contribution < 1.29 is 17.9 Å². The average molecular weight is 286 g/mol. The molecule has 0 aliphatic carbocycles. The number of alkyl halides is 3. The Hall–Kier alpha value is -1.76. The van der Waals surface area contributed by atoms with Gasteiger partial charge in [-0.15, -0.1) is 0 Å². The van der Waals surface area contributed by atoms with E-state index in [-0.39, 0.29) is 11.6 Å². The second kappa shape index (κ2) is 4.66. The Morgan fingerprint density at radius 3 is 2.85 bits per heavy atom. The third-order valence-electron chi connectivity index (χ3n) is 3.51. The van der Waals surface area contributed by atoms with Gasteiger partial charge in [0.05, 0.1) is 29.2 Å². The highest BCUT2D eigenvalue weighted by Crippen LogP contribution is 2.30. The van der Waals surface area contributed by atoms with Gasteiger partial charge in [0.25, 0.3) is 0 Å². The maximum atomic E-state index is 12.6. The Morgan fingerprint density at radius 2 is 2.20 bits per heavy atom. The van der Waals surface area contributed by atoms with Crippen LogP contribution in [0.25, 0.3) is 11.0 Å². The molecule has 0 spiro atoms. The molecule has 3 rings (SSSR count). The monoisotopic (exact) mass is 286 g/mol. The zero-order valence-electron chi connectivity index (χ0n) is 10.5. The Kier molecular flexibility index (Phi) is 3.08. The van der Waals surface area contributed by atoms with Crippen molar-refractivity contribution in [3.05, 3.63) is 34.2 Å². The van der Waals surface area contributed by atoms with Gasteiger partial charge in [-0.3, -0.25) is 4.57 Å². The van der Waals surface area contributed by atoms with E-state index in [1.165, 1.54) is 10.6 Å². The number of rotatable bonds is 2. The average Bonchev–Trinajstić information content (AvgIpc) is 2.97. The Labute approximate surface area is 112 Å². The van der Waals surface area contributed by atoms with Gasteiger partial charge in [-0.1, -0.05) is 0 Å². The first-order valence-electron chi connectivity index (χ1n) is 6.36. The van der Waals surface area contributed by atoms with Crippen molar-refractivity contribution in [1.82, 2.24) is 9.55 Å². The SMILES string of the molecule is O=c1[nH]c2cc(C(F)(F)F)ccc2n1CC1CCCO1. The fourth-order valence-corrected chi connectivity index (χ4v) is 2.51. The van der Waals surface area contributed by atoms with Crippen LogP contribution in [0.2, 0.25) is 0 Å². The van der Waals surface area contributed by atoms with Crippen molar-refractivity contribution in [1.29, 1.82) is 0 Å². The van der Waals surface area contributed by atoms with Crippen LogP contribution in [0.1, 0.15) is 18.4 Å². The molecule has 1 fully saturated rings. The predicted octanol–water partition coefficient (Wildman–Crippen LogP) is 2.53. The number of benzene rings is 1. The number of halogens is 3. The molecule has 1 aromatic carbocycles. The number of nitrogens with zero attached hydrogens (tertiary/aromatic N) is 1. The normalized spacial score (nSPS) is 19.9. The van der Waals surface area contributed by atoms with E-state index in [0.717, 1.165) is 25.0 Å². The van der Waals surface area contributed by atoms with Gasteiger partial charge in [0.1, 0.15) is 0 Å². The zero-order valence-corrected chi connectivity index (χ0v) is 10.5. The molecule has 1 saturated heterocycles. The van der Waals surface area contributed by atoms with E-state index in [4.69, 9.17) is 4.74 Å². The van der Waals surface area contributed by atoms with E-state index in [2.05, 4.69) is 4.98 Å². The number of H-pyrrole nitrogens is 1. The lowest BCUT2D eigenvalue weighted by molar-refractivity contribution is -0.137. The molecule has 20 heavy (non-hydrogen) atoms. The molecular weight excluding hydrogens is 273 g/mol. The lowest BCUT2D eigenvalue weighted by atomic mass is 10.2. The molecule has 0 radical (unpaired) electrons. The summed E-state index contributed by atoms with van der Waals surface area (Å²) in [4.78, 5) is 14.3. The topological polar surface area (TPSA) is 47.0 Å². The molecular formula is C13H13F3N2O2. The van der Waals surface area contributed by atoms with Gasteiger partial charge in [0.15, 0.2) is 0 Å². The summed E-state index contributed by atoms with van der Waals surface area (Å²) >= 11 is 0. The number of aromatic amines is 1. The van der Waals surface area contributed by atoms with Crippen LogP contribution in [0.15, 0.2) is 23.0 Å². The lowest BCUT2D eigenvalue weighted by Gasteiger charge is -2.10. The van der Waals surface area contributed by atoms with Crippen molar-refractivity contribution in [3.63, 3.8) is 0 Å². The molecule has 108 valence electrons. The van der Waals surface area contributed by atoms with Gasteiger partial charge < -0.3 is 9.72 Å². The lowest BCUT2D eigenvalue weighted by Crippen LogP contribution is -2.24. The Bertz CT molecular complexity index is 681. The molecule has 2 aromatic rings. The van der Waals surface area contributed by atoms with Gasteiger partial charge in [-0.05, 0) is 31.0 Å². The summed E-state index contributed by atoms with van der Waals surface area (Å²) in [5.41, 5.74) is -0.508. The number of hydrogen-bond acceptors (Lipinski definition) is 2. The van der Waals surface area contributed by atoms with E-state index < -0.39 is 17.4 Å². The van der Waals surface area contributed by atoms with E-state index >= 15 is 0 Å². The molecule has 0 amide bonds. The number of aromatic nitrogens is 2. The smallest absolute Gasteiger partial charge is 0.376 e. The molecule has 1 aliphatic rings. The van der Waals surface area contributed by atoms with E-state index in [0.29, 0.717) is 18.7 Å². The van der Waals surface area contributed by atoms with Crippen molar-refractivity contribution >= 4 is 11.0 Å². The molecule has 2 heterocycles. The second-order valence-electron chi connectivity index (χ2n) is 4.91. The van der Waals surface area contributed by atoms with Gasteiger partial charge in [0.2, 0.25) is 0 Å². The maximum Gasteiger partial charge on any atom is 0.416 e. The highest BCUT2D eigenvalue weighted by molar-refractivity contribution is 5.76. The number of nitrogens with one attached hydrogen (secondary N) is 1. The van der Waals surface area contributed by atoms with Crippen LogP contribution in [0.4, 0.5) is 13.2 Å². The number of ether oxygens (including phenoxy) is 1. The van der Waals surface area contributed by atoms with Crippen molar-refractivity contribution in [3.8, 4) is 0 Å². The summed E-state index contributed by atoms with van der Waals surface area (Å²) < 4.78 is 44.8. The quantitative estimate of drug-likeness (QED) is 0.922. The van der Waals surface area contributed by atoms with Crippen LogP contribution in [-0.2, 0) is 17.5 Å². The van der Waals surface area contributed by atoms with Crippen LogP contribution < -0.4 is 5.69 Å². The van der Waals surface area contributed by atoms with Crippen LogP contribution >= 0.6 is 0 Å². The second-order valence-corrected chi connectivity index (χ2v) is 4.91. The standard InChI is InChI=1S/C13H13F3N2O2/c14-13(15,16)8-3-4-11-10(6-8)17-12(19)18(11)7-9-2-1-5-20-9/h3-4,6,9H,1-2,5,7H2,(H,17,19). The first kappa shape index (κ1) is 13.2. The minimum Gasteiger partial charge on any atom is -0.376 e. The van der Waals surface area contributed by atoms with Gasteiger partial charge in [0, 0.05) is 6.61 Å². The first-order valence-corrected chi connectivity index (χ1v) is 6.36. The van der Waals surface area contributed by atoms with Crippen LogP contribution in [0.3, 0.4) is 0 Å². The Morgan fingerprint density at radius 1 is 1.40 bits per heavy atom. The van der Waals surface area contributed by atoms with Crippen molar-refractivity contribution in [2.24, 2.45) is 0 Å². The summed E-state index contributed by atoms with van der Waals surface area (Å²) in [6, 6.07) is 3.27. The Balaban J connectivity index is 2.01. The third-order valence-corrected chi connectivity index (χ3v) is 3.51. The maximum absolute atomic E-state index is 12.6. The molecule has 1 aromatic heterocycles. The van der Waals surface area contributed by atoms with E-state index in [1.807, 2.05) is 0 Å². The number of imidazole rings is 1. The molecule has 1 N–H and O–H groups in total. The summed E-state index contributed by atoms with van der Waals surface area (Å²) in [5.74, 6) is 0. The summed E-state index contributed by atoms with van der Waals surface area (Å²) in [6.07, 6.45) is -2.66. The first-order chi connectivity index (χ1) is 9.45. The molecule has 0 saturated carbocycles. The predicted molar refractivity (Wildman–Crippen MR) is 66.5 cm³/mol. The molecule has 0 bridgehead atoms. The molecule has 1 unspecified atom stereocenters. The zero-order chi connectivity index (χ0) is 14.3. The largest absolute Gasteiger partial charge is 0.416 e. The highest BCUT2D eigenvalue weighted by atomic mass is 19.4. The number of hydrogen-bond donors (Lipinski definition) is 1. The van der Waals surface area contributed by atoms with Gasteiger partial charge in [-0.25, -0.2) is 4.79 Å². The fraction of sp³-hybridized carbons (Fsp3) is 0.462. The van der Waals surface area contributed by atoms with Crippen LogP contribution in [0.5, 0.6) is 0 Å². The summed E-state index contributed by atoms with van der Waals surface area (Å²) in [6.45, 7) is 1.03. The van der Waals surface area contributed by atoms with Crippen molar-refractivity contribution in [2.45, 2.75) is 31.7 Å². The molecule has 1 aliphatic heterocycles. The highest BCUT2D eigenvalue weighted by Gasteiger charge is 2.31. The third kappa shape index (κ3) is 2.33. The molecule has 7 heteroatoms. The van der Waals surface area contributed by atoms with Gasteiger partial charge in [-0.2, -0.15) is 13.2 Å². The molecule has 4 nitrogen and oxygen atoms in total. The van der Waals surface area contributed by atoms with Crippen molar-refractivity contribution in [2.75, 3.05) is 6.61 Å². The molecule has 1 atom stereocenters. The van der Waals surface area contributed by atoms with Crippen LogP contribution in [-0.4, -0.2) is 22.3 Å². The fourth-order valence-electron chi connectivity index (χ4n) is 2.51. The minimum absolute atomic E-state index is 0.0472. The van der Waals surface area contributed by atoms with E-state index in [9.17, 15) is 18.0 Å². The summed E-state index contributed by atoms with van der Waals surface area (Å²) in [7, 11) is 0. The van der Waals surface area contributed by atoms with Gasteiger partial charge >= 0.3 is 11.9 Å². The summed E-state index contributed by atoms with van der Waals surface area (Å²) in [5, 5.41) is 0. The number of fused-ring (bicyclic) bond motifs is 1. The van der Waals surface area contributed by atoms with Crippen LogP contribution in [0, 0.1) is 0 Å².